The molecule has 0 aliphatic carbocycles. The molecule has 0 radical (unpaired) electrons. The molecule has 0 fully saturated rings. The number of hydrogen-bond donors (Lipinski definition) is 2. The third kappa shape index (κ3) is 3.69. The van der Waals surface area contributed by atoms with E-state index in [1.165, 1.54) is 12.1 Å². The third-order valence-electron chi connectivity index (χ3n) is 2.86. The standard InChI is InChI=1S/C15H15ClFNO/c1-10-2-4-14(5-3-10)18-15(9-19)11-6-12(16)8-13(17)7-11/h2-8,15,18-19H,9H2,1H3. The van der Waals surface area contributed by atoms with Crippen LogP contribution in [-0.4, -0.2) is 11.7 Å². The van der Waals surface area contributed by atoms with Crippen molar-refractivity contribution >= 4 is 17.3 Å². The smallest absolute Gasteiger partial charge is 0.125 e. The van der Waals surface area contributed by atoms with E-state index in [1.807, 2.05) is 31.2 Å². The monoisotopic (exact) mass is 279 g/mol. The highest BCUT2D eigenvalue weighted by Gasteiger charge is 2.12. The first-order chi connectivity index (χ1) is 9.08. The molecule has 2 aromatic carbocycles. The van der Waals surface area contributed by atoms with Crippen LogP contribution in [0.25, 0.3) is 0 Å². The van der Waals surface area contributed by atoms with E-state index in [1.54, 1.807) is 6.07 Å². The molecule has 0 bridgehead atoms. The van der Waals surface area contributed by atoms with Crippen molar-refractivity contribution in [2.24, 2.45) is 0 Å². The van der Waals surface area contributed by atoms with E-state index in [0.717, 1.165) is 11.3 Å². The second-order valence-corrected chi connectivity index (χ2v) is 4.88. The minimum absolute atomic E-state index is 0.145. The summed E-state index contributed by atoms with van der Waals surface area (Å²) >= 11 is 5.83. The molecule has 100 valence electrons. The van der Waals surface area contributed by atoms with Gasteiger partial charge in [-0.05, 0) is 42.8 Å². The summed E-state index contributed by atoms with van der Waals surface area (Å²) in [5, 5.41) is 12.9. The Morgan fingerprint density at radius 2 is 1.89 bits per heavy atom. The summed E-state index contributed by atoms with van der Waals surface area (Å²) in [4.78, 5) is 0. The van der Waals surface area contributed by atoms with Gasteiger partial charge in [0.2, 0.25) is 0 Å². The molecule has 0 heterocycles. The van der Waals surface area contributed by atoms with Gasteiger partial charge in [-0.25, -0.2) is 4.39 Å². The Balaban J connectivity index is 2.22. The SMILES string of the molecule is Cc1ccc(NC(CO)c2cc(F)cc(Cl)c2)cc1. The van der Waals surface area contributed by atoms with Gasteiger partial charge in [-0.15, -0.1) is 0 Å². The van der Waals surface area contributed by atoms with Crippen molar-refractivity contribution in [1.82, 2.24) is 0 Å². The second-order valence-electron chi connectivity index (χ2n) is 4.45. The Labute approximate surface area is 116 Å². The fraction of sp³-hybridized carbons (Fsp3) is 0.200. The molecule has 2 nitrogen and oxygen atoms in total. The highest BCUT2D eigenvalue weighted by Crippen LogP contribution is 2.23. The van der Waals surface area contributed by atoms with Crippen LogP contribution in [-0.2, 0) is 0 Å². The summed E-state index contributed by atoms with van der Waals surface area (Å²) in [5.41, 5.74) is 2.64. The highest BCUT2D eigenvalue weighted by molar-refractivity contribution is 6.30. The van der Waals surface area contributed by atoms with Crippen LogP contribution in [0.15, 0.2) is 42.5 Å². The Kier molecular flexibility index (Phi) is 4.40. The van der Waals surface area contributed by atoms with E-state index in [2.05, 4.69) is 5.32 Å². The van der Waals surface area contributed by atoms with Crippen LogP contribution >= 0.6 is 11.6 Å². The van der Waals surface area contributed by atoms with Crippen LogP contribution < -0.4 is 5.32 Å². The lowest BCUT2D eigenvalue weighted by Gasteiger charge is -2.18. The first kappa shape index (κ1) is 13.8. The minimum Gasteiger partial charge on any atom is -0.394 e. The van der Waals surface area contributed by atoms with Crippen molar-refractivity contribution in [2.75, 3.05) is 11.9 Å². The molecule has 1 unspecified atom stereocenters. The van der Waals surface area contributed by atoms with Crippen LogP contribution in [0.3, 0.4) is 0 Å². The summed E-state index contributed by atoms with van der Waals surface area (Å²) in [5.74, 6) is -0.411. The summed E-state index contributed by atoms with van der Waals surface area (Å²) in [7, 11) is 0. The molecule has 0 amide bonds. The maximum Gasteiger partial charge on any atom is 0.125 e. The highest BCUT2D eigenvalue weighted by atomic mass is 35.5. The largest absolute Gasteiger partial charge is 0.394 e. The van der Waals surface area contributed by atoms with Gasteiger partial charge in [0.15, 0.2) is 0 Å². The molecule has 0 spiro atoms. The van der Waals surface area contributed by atoms with Crippen molar-refractivity contribution in [1.29, 1.82) is 0 Å². The lowest BCUT2D eigenvalue weighted by molar-refractivity contribution is 0.276. The molecule has 0 aliphatic heterocycles. The average Bonchev–Trinajstić information content (AvgIpc) is 2.37. The van der Waals surface area contributed by atoms with Gasteiger partial charge in [-0.2, -0.15) is 0 Å². The zero-order valence-corrected chi connectivity index (χ0v) is 11.3. The lowest BCUT2D eigenvalue weighted by Crippen LogP contribution is -2.15. The molecule has 2 rings (SSSR count). The number of benzene rings is 2. The third-order valence-corrected chi connectivity index (χ3v) is 3.08. The maximum atomic E-state index is 13.3. The van der Waals surface area contributed by atoms with E-state index in [-0.39, 0.29) is 6.61 Å². The normalized spacial score (nSPS) is 12.2. The Morgan fingerprint density at radius 3 is 2.47 bits per heavy atom. The quantitative estimate of drug-likeness (QED) is 0.889. The maximum absolute atomic E-state index is 13.3. The van der Waals surface area contributed by atoms with Crippen molar-refractivity contribution < 1.29 is 9.50 Å². The number of aliphatic hydroxyl groups excluding tert-OH is 1. The van der Waals surface area contributed by atoms with E-state index >= 15 is 0 Å². The molecule has 0 aromatic heterocycles. The van der Waals surface area contributed by atoms with Gasteiger partial charge in [0.25, 0.3) is 0 Å². The van der Waals surface area contributed by atoms with Crippen LogP contribution in [0, 0.1) is 12.7 Å². The second kappa shape index (κ2) is 6.04. The van der Waals surface area contributed by atoms with Crippen molar-refractivity contribution in [3.05, 3.63) is 64.4 Å². The molecule has 2 N–H and O–H groups in total. The number of aliphatic hydroxyl groups is 1. The molecule has 2 aromatic rings. The van der Waals surface area contributed by atoms with Gasteiger partial charge in [0, 0.05) is 10.7 Å². The van der Waals surface area contributed by atoms with Gasteiger partial charge in [-0.1, -0.05) is 29.3 Å². The average molecular weight is 280 g/mol. The zero-order valence-electron chi connectivity index (χ0n) is 10.5. The fourth-order valence-electron chi connectivity index (χ4n) is 1.86. The molecule has 0 saturated heterocycles. The predicted molar refractivity (Wildman–Crippen MR) is 76.0 cm³/mol. The fourth-order valence-corrected chi connectivity index (χ4v) is 2.09. The Morgan fingerprint density at radius 1 is 1.21 bits per heavy atom. The minimum atomic E-state index is -0.411. The van der Waals surface area contributed by atoms with Gasteiger partial charge >= 0.3 is 0 Å². The van der Waals surface area contributed by atoms with Gasteiger partial charge < -0.3 is 10.4 Å². The van der Waals surface area contributed by atoms with E-state index in [0.29, 0.717) is 10.6 Å². The molecule has 0 aliphatic rings. The summed E-state index contributed by atoms with van der Waals surface area (Å²) < 4.78 is 13.3. The summed E-state index contributed by atoms with van der Waals surface area (Å²) in [6.07, 6.45) is 0. The molecule has 19 heavy (non-hydrogen) atoms. The summed E-state index contributed by atoms with van der Waals surface area (Å²) in [6, 6.07) is 11.6. The number of anilines is 1. The molecular weight excluding hydrogens is 265 g/mol. The van der Waals surface area contributed by atoms with Gasteiger partial charge in [0.05, 0.1) is 12.6 Å². The molecule has 4 heteroatoms. The first-order valence-electron chi connectivity index (χ1n) is 5.98. The van der Waals surface area contributed by atoms with E-state index < -0.39 is 11.9 Å². The number of nitrogens with one attached hydrogen (secondary N) is 1. The summed E-state index contributed by atoms with van der Waals surface area (Å²) in [6.45, 7) is 1.85. The Hall–Kier alpha value is -1.58. The number of rotatable bonds is 4. The van der Waals surface area contributed by atoms with Crippen molar-refractivity contribution in [3.8, 4) is 0 Å². The van der Waals surface area contributed by atoms with Crippen LogP contribution in [0.4, 0.5) is 10.1 Å². The number of hydrogen-bond acceptors (Lipinski definition) is 2. The van der Waals surface area contributed by atoms with Crippen LogP contribution in [0.5, 0.6) is 0 Å². The molecule has 1 atom stereocenters. The molecule has 0 saturated carbocycles. The van der Waals surface area contributed by atoms with Crippen molar-refractivity contribution in [2.45, 2.75) is 13.0 Å². The zero-order chi connectivity index (χ0) is 13.8. The lowest BCUT2D eigenvalue weighted by atomic mass is 10.1. The topological polar surface area (TPSA) is 32.3 Å². The van der Waals surface area contributed by atoms with Gasteiger partial charge in [0.1, 0.15) is 5.82 Å². The van der Waals surface area contributed by atoms with E-state index in [9.17, 15) is 9.50 Å². The van der Waals surface area contributed by atoms with Crippen molar-refractivity contribution in [3.63, 3.8) is 0 Å². The Bertz CT molecular complexity index is 536. The number of aryl methyl sites for hydroxylation is 1. The van der Waals surface area contributed by atoms with Crippen LogP contribution in [0.2, 0.25) is 5.02 Å². The number of halogens is 2. The predicted octanol–water partition coefficient (Wildman–Crippen LogP) is 3.93. The molecular formula is C15H15ClFNO. The first-order valence-corrected chi connectivity index (χ1v) is 6.36. The van der Waals surface area contributed by atoms with Gasteiger partial charge in [-0.3, -0.25) is 0 Å². The van der Waals surface area contributed by atoms with Crippen LogP contribution in [0.1, 0.15) is 17.2 Å². The van der Waals surface area contributed by atoms with E-state index in [4.69, 9.17) is 11.6 Å².